The second kappa shape index (κ2) is 5.53. The smallest absolute Gasteiger partial charge is 0.252 e. The minimum atomic E-state index is -3.27. The van der Waals surface area contributed by atoms with E-state index in [0.717, 1.165) is 30.8 Å². The summed E-state index contributed by atoms with van der Waals surface area (Å²) in [6.07, 6.45) is 8.51. The van der Waals surface area contributed by atoms with E-state index in [4.69, 9.17) is 0 Å². The molecule has 5 fully saturated rings. The Balaban J connectivity index is 1.31. The molecule has 6 rings (SSSR count). The van der Waals surface area contributed by atoms with E-state index in [1.54, 1.807) is 10.4 Å². The Hall–Kier alpha value is -0.430. The summed E-state index contributed by atoms with van der Waals surface area (Å²) >= 11 is 1.33. The Morgan fingerprint density at radius 3 is 2.04 bits per heavy atom. The van der Waals surface area contributed by atoms with Crippen LogP contribution in [0.5, 0.6) is 0 Å². The van der Waals surface area contributed by atoms with Crippen molar-refractivity contribution in [3.05, 3.63) is 17.5 Å². The van der Waals surface area contributed by atoms with Crippen LogP contribution in [0.15, 0.2) is 21.7 Å². The fourth-order valence-corrected chi connectivity index (χ4v) is 8.96. The van der Waals surface area contributed by atoms with E-state index in [-0.39, 0.29) is 0 Å². The molecule has 6 heteroatoms. The van der Waals surface area contributed by atoms with Crippen molar-refractivity contribution >= 4 is 21.4 Å². The molecular formula is C18H26N2O2S2. The maximum Gasteiger partial charge on any atom is 0.252 e. The molecule has 24 heavy (non-hydrogen) atoms. The van der Waals surface area contributed by atoms with Gasteiger partial charge in [-0.25, -0.2) is 8.42 Å². The van der Waals surface area contributed by atoms with Gasteiger partial charge in [0.05, 0.1) is 0 Å². The van der Waals surface area contributed by atoms with Gasteiger partial charge in [0.2, 0.25) is 0 Å². The molecule has 0 aromatic carbocycles. The molecule has 1 saturated heterocycles. The van der Waals surface area contributed by atoms with Gasteiger partial charge in [-0.1, -0.05) is 6.07 Å². The highest BCUT2D eigenvalue weighted by atomic mass is 32.2. The van der Waals surface area contributed by atoms with Gasteiger partial charge in [0, 0.05) is 31.7 Å². The van der Waals surface area contributed by atoms with Crippen LogP contribution in [0.3, 0.4) is 0 Å². The molecule has 1 aromatic heterocycles. The first kappa shape index (κ1) is 15.8. The first-order valence-electron chi connectivity index (χ1n) is 9.34. The fraction of sp³-hybridized carbons (Fsp3) is 0.778. The summed E-state index contributed by atoms with van der Waals surface area (Å²) in [6, 6.07) is 3.55. The van der Waals surface area contributed by atoms with Gasteiger partial charge in [-0.3, -0.25) is 4.90 Å². The van der Waals surface area contributed by atoms with Gasteiger partial charge in [0.15, 0.2) is 0 Å². The lowest BCUT2D eigenvalue weighted by atomic mass is 9.52. The van der Waals surface area contributed by atoms with Crippen LogP contribution >= 0.6 is 11.3 Å². The molecule has 132 valence electrons. The summed E-state index contributed by atoms with van der Waals surface area (Å²) < 4.78 is 27.6. The Kier molecular flexibility index (Phi) is 3.64. The molecule has 1 aromatic rings. The van der Waals surface area contributed by atoms with Crippen molar-refractivity contribution < 1.29 is 8.42 Å². The minimum absolute atomic E-state index is 0.410. The second-order valence-corrected chi connectivity index (χ2v) is 11.6. The van der Waals surface area contributed by atoms with Crippen LogP contribution in [0.4, 0.5) is 0 Å². The number of rotatable bonds is 3. The van der Waals surface area contributed by atoms with Crippen LogP contribution < -0.4 is 0 Å². The zero-order chi connectivity index (χ0) is 16.4. The molecule has 2 heterocycles. The van der Waals surface area contributed by atoms with Crippen LogP contribution in [-0.4, -0.2) is 49.3 Å². The van der Waals surface area contributed by atoms with E-state index in [1.165, 1.54) is 49.9 Å². The van der Waals surface area contributed by atoms with Crippen molar-refractivity contribution in [3.63, 3.8) is 0 Å². The first-order chi connectivity index (χ1) is 11.6. The maximum atomic E-state index is 12.7. The zero-order valence-corrected chi connectivity index (χ0v) is 15.7. The average molecular weight is 367 g/mol. The van der Waals surface area contributed by atoms with E-state index in [1.807, 2.05) is 11.4 Å². The molecule has 4 bridgehead atoms. The number of hydrogen-bond acceptors (Lipinski definition) is 4. The zero-order valence-electron chi connectivity index (χ0n) is 14.1. The van der Waals surface area contributed by atoms with Gasteiger partial charge in [-0.2, -0.15) is 4.31 Å². The van der Waals surface area contributed by atoms with Gasteiger partial charge in [0.1, 0.15) is 4.21 Å². The molecular weight excluding hydrogens is 340 g/mol. The van der Waals surface area contributed by atoms with E-state index >= 15 is 0 Å². The number of hydrogen-bond donors (Lipinski definition) is 0. The topological polar surface area (TPSA) is 40.6 Å². The predicted molar refractivity (Wildman–Crippen MR) is 95.6 cm³/mol. The number of piperazine rings is 1. The van der Waals surface area contributed by atoms with Gasteiger partial charge >= 0.3 is 0 Å². The highest BCUT2D eigenvalue weighted by Crippen LogP contribution is 2.57. The third-order valence-corrected chi connectivity index (χ3v) is 10.3. The van der Waals surface area contributed by atoms with Crippen LogP contribution in [0.25, 0.3) is 0 Å². The van der Waals surface area contributed by atoms with Crippen LogP contribution in [0, 0.1) is 17.8 Å². The van der Waals surface area contributed by atoms with Crippen molar-refractivity contribution in [2.75, 3.05) is 26.2 Å². The van der Waals surface area contributed by atoms with Crippen molar-refractivity contribution in [2.24, 2.45) is 17.8 Å². The molecule has 0 amide bonds. The summed E-state index contributed by atoms with van der Waals surface area (Å²) in [5, 5.41) is 1.85. The van der Waals surface area contributed by atoms with Crippen LogP contribution in [0.2, 0.25) is 0 Å². The van der Waals surface area contributed by atoms with E-state index < -0.39 is 10.0 Å². The Morgan fingerprint density at radius 2 is 1.54 bits per heavy atom. The summed E-state index contributed by atoms with van der Waals surface area (Å²) in [6.45, 7) is 3.14. The average Bonchev–Trinajstić information content (AvgIpc) is 3.09. The lowest BCUT2D eigenvalue weighted by Crippen LogP contribution is -2.64. The standard InChI is InChI=1S/C18H26N2O2S2/c21-24(22,17-2-1-7-23-17)20-5-3-19(4-6-20)18-11-14-8-15(12-18)10-16(9-14)13-18/h1-2,7,14-16H,3-6,8-13H2. The summed E-state index contributed by atoms with van der Waals surface area (Å²) in [5.41, 5.74) is 0.410. The van der Waals surface area contributed by atoms with Crippen molar-refractivity contribution in [3.8, 4) is 0 Å². The number of thiophene rings is 1. The fourth-order valence-electron chi connectivity index (χ4n) is 6.39. The molecule has 0 spiro atoms. The molecule has 1 aliphatic heterocycles. The highest BCUT2D eigenvalue weighted by molar-refractivity contribution is 7.91. The molecule has 0 atom stereocenters. The quantitative estimate of drug-likeness (QED) is 0.826. The van der Waals surface area contributed by atoms with E-state index in [0.29, 0.717) is 22.8 Å². The van der Waals surface area contributed by atoms with E-state index in [2.05, 4.69) is 4.90 Å². The van der Waals surface area contributed by atoms with Crippen molar-refractivity contribution in [1.82, 2.24) is 9.21 Å². The SMILES string of the molecule is O=S(=O)(c1cccs1)N1CCN(C23CC4CC(CC(C4)C2)C3)CC1. The van der Waals surface area contributed by atoms with Crippen LogP contribution in [-0.2, 0) is 10.0 Å². The summed E-state index contributed by atoms with van der Waals surface area (Å²) in [7, 11) is -3.27. The molecule has 4 saturated carbocycles. The summed E-state index contributed by atoms with van der Waals surface area (Å²) in [5.74, 6) is 2.84. The van der Waals surface area contributed by atoms with Crippen LogP contribution in [0.1, 0.15) is 38.5 Å². The Morgan fingerprint density at radius 1 is 0.958 bits per heavy atom. The lowest BCUT2D eigenvalue weighted by Gasteiger charge is -2.61. The predicted octanol–water partition coefficient (Wildman–Crippen LogP) is 3.02. The Bertz CT molecular complexity index is 670. The molecule has 4 nitrogen and oxygen atoms in total. The van der Waals surface area contributed by atoms with Gasteiger partial charge in [0.25, 0.3) is 10.0 Å². The van der Waals surface area contributed by atoms with Gasteiger partial charge in [-0.15, -0.1) is 11.3 Å². The second-order valence-electron chi connectivity index (χ2n) is 8.47. The Labute approximate surface area is 148 Å². The van der Waals surface area contributed by atoms with Gasteiger partial charge in [-0.05, 0) is 67.7 Å². The normalized spacial score (nSPS) is 40.2. The first-order valence-corrected chi connectivity index (χ1v) is 11.7. The molecule has 4 aliphatic carbocycles. The van der Waals surface area contributed by atoms with Crippen molar-refractivity contribution in [2.45, 2.75) is 48.3 Å². The molecule has 0 N–H and O–H groups in total. The molecule has 0 radical (unpaired) electrons. The molecule has 0 unspecified atom stereocenters. The largest absolute Gasteiger partial charge is 0.295 e. The number of sulfonamides is 1. The lowest BCUT2D eigenvalue weighted by molar-refractivity contribution is -0.0964. The monoisotopic (exact) mass is 366 g/mol. The minimum Gasteiger partial charge on any atom is -0.295 e. The van der Waals surface area contributed by atoms with Gasteiger partial charge < -0.3 is 0 Å². The van der Waals surface area contributed by atoms with Crippen molar-refractivity contribution in [1.29, 1.82) is 0 Å². The number of nitrogens with zero attached hydrogens (tertiary/aromatic N) is 2. The summed E-state index contributed by atoms with van der Waals surface area (Å²) in [4.78, 5) is 2.68. The third kappa shape index (κ3) is 2.41. The molecule has 5 aliphatic rings. The van der Waals surface area contributed by atoms with E-state index in [9.17, 15) is 8.42 Å². The third-order valence-electron chi connectivity index (χ3n) is 7.00. The maximum absolute atomic E-state index is 12.7. The highest BCUT2D eigenvalue weighted by Gasteiger charge is 2.53.